The van der Waals surface area contributed by atoms with E-state index >= 15 is 0 Å². The number of carboxylic acid groups (broad SMARTS) is 1. The van der Waals surface area contributed by atoms with E-state index in [-0.39, 0.29) is 37.3 Å². The highest BCUT2D eigenvalue weighted by molar-refractivity contribution is 5.91. The molecule has 4 atom stereocenters. The van der Waals surface area contributed by atoms with E-state index in [9.17, 15) is 24.3 Å². The van der Waals surface area contributed by atoms with Crippen LogP contribution in [-0.2, 0) is 30.5 Å². The zero-order chi connectivity index (χ0) is 28.4. The van der Waals surface area contributed by atoms with Gasteiger partial charge in [-0.25, -0.2) is 4.79 Å². The first-order valence-electron chi connectivity index (χ1n) is 13.5. The van der Waals surface area contributed by atoms with Crippen LogP contribution in [0.4, 0.5) is 0 Å². The summed E-state index contributed by atoms with van der Waals surface area (Å²) in [5, 5.41) is 20.1. The van der Waals surface area contributed by atoms with Crippen molar-refractivity contribution < 1.29 is 29.0 Å². The summed E-state index contributed by atoms with van der Waals surface area (Å²) in [5.41, 5.74) is 0.979. The van der Waals surface area contributed by atoms with E-state index < -0.39 is 30.1 Å². The van der Waals surface area contributed by atoms with Crippen LogP contribution in [-0.4, -0.2) is 72.2 Å². The smallest absolute Gasteiger partial charge is 0.326 e. The highest BCUT2D eigenvalue weighted by Gasteiger charge is 2.32. The first kappa shape index (κ1) is 30.0. The number of carboxylic acids is 1. The lowest BCUT2D eigenvalue weighted by Crippen LogP contribution is -2.56. The number of nitrogens with one attached hydrogen (secondary N) is 3. The molecule has 10 heteroatoms. The molecule has 1 saturated heterocycles. The first-order valence-corrected chi connectivity index (χ1v) is 13.5. The SMILES string of the molecule is CC[C@H](C)CC(NC(=O)[C@@H]1CCC(=O)N1)N(CC(=O)N[C@@H](CCOC)C(=O)O)Cc1cccc2ccccc12. The maximum atomic E-state index is 13.2. The molecule has 4 N–H and O–H groups in total. The number of rotatable bonds is 15. The fraction of sp³-hybridized carbons (Fsp3) is 0.517. The molecule has 2 aromatic rings. The predicted octanol–water partition coefficient (Wildman–Crippen LogP) is 2.40. The number of hydrogen-bond donors (Lipinski definition) is 4. The maximum Gasteiger partial charge on any atom is 0.326 e. The van der Waals surface area contributed by atoms with Gasteiger partial charge in [0, 0.05) is 33.1 Å². The van der Waals surface area contributed by atoms with Crippen LogP contribution in [0, 0.1) is 5.92 Å². The molecule has 1 unspecified atom stereocenters. The molecule has 2 aromatic carbocycles. The summed E-state index contributed by atoms with van der Waals surface area (Å²) < 4.78 is 5.00. The molecule has 0 spiro atoms. The number of hydrogen-bond acceptors (Lipinski definition) is 6. The summed E-state index contributed by atoms with van der Waals surface area (Å²) in [6, 6.07) is 12.2. The van der Waals surface area contributed by atoms with Gasteiger partial charge in [0.2, 0.25) is 17.7 Å². The van der Waals surface area contributed by atoms with E-state index in [1.807, 2.05) is 47.4 Å². The third-order valence-corrected chi connectivity index (χ3v) is 7.23. The fourth-order valence-corrected chi connectivity index (χ4v) is 4.77. The van der Waals surface area contributed by atoms with Gasteiger partial charge >= 0.3 is 5.97 Å². The number of carbonyl (C=O) groups is 4. The van der Waals surface area contributed by atoms with Crippen LogP contribution < -0.4 is 16.0 Å². The summed E-state index contributed by atoms with van der Waals surface area (Å²) in [4.78, 5) is 51.7. The topological polar surface area (TPSA) is 137 Å². The zero-order valence-corrected chi connectivity index (χ0v) is 22.9. The van der Waals surface area contributed by atoms with Gasteiger partial charge in [-0.05, 0) is 35.1 Å². The third kappa shape index (κ3) is 8.76. The average Bonchev–Trinajstić information content (AvgIpc) is 3.36. The first-order chi connectivity index (χ1) is 18.7. The van der Waals surface area contributed by atoms with Gasteiger partial charge in [0.15, 0.2) is 0 Å². The van der Waals surface area contributed by atoms with Gasteiger partial charge < -0.3 is 25.8 Å². The van der Waals surface area contributed by atoms with Crippen LogP contribution in [0.5, 0.6) is 0 Å². The van der Waals surface area contributed by atoms with E-state index in [4.69, 9.17) is 4.74 Å². The van der Waals surface area contributed by atoms with Gasteiger partial charge in [-0.3, -0.25) is 19.3 Å². The molecular weight excluding hydrogens is 500 g/mol. The molecule has 0 aliphatic carbocycles. The van der Waals surface area contributed by atoms with Crippen molar-refractivity contribution in [1.82, 2.24) is 20.9 Å². The Hall–Kier alpha value is -3.50. The number of carbonyl (C=O) groups excluding carboxylic acids is 3. The van der Waals surface area contributed by atoms with Crippen molar-refractivity contribution in [1.29, 1.82) is 0 Å². The second-order valence-electron chi connectivity index (χ2n) is 10.2. The van der Waals surface area contributed by atoms with Crippen molar-refractivity contribution in [3.05, 3.63) is 48.0 Å². The molecule has 39 heavy (non-hydrogen) atoms. The van der Waals surface area contributed by atoms with Crippen molar-refractivity contribution >= 4 is 34.5 Å². The number of amides is 3. The minimum atomic E-state index is -1.14. The quantitative estimate of drug-likeness (QED) is 0.255. The monoisotopic (exact) mass is 540 g/mol. The van der Waals surface area contributed by atoms with Crippen molar-refractivity contribution in [3.8, 4) is 0 Å². The molecule has 0 saturated carbocycles. The third-order valence-electron chi connectivity index (χ3n) is 7.23. The van der Waals surface area contributed by atoms with Gasteiger partial charge in [0.1, 0.15) is 12.1 Å². The van der Waals surface area contributed by atoms with Crippen molar-refractivity contribution in [2.75, 3.05) is 20.3 Å². The number of fused-ring (bicyclic) bond motifs is 1. The lowest BCUT2D eigenvalue weighted by atomic mass is 10.00. The second-order valence-corrected chi connectivity index (χ2v) is 10.2. The molecule has 1 fully saturated rings. The molecule has 3 rings (SSSR count). The molecule has 212 valence electrons. The van der Waals surface area contributed by atoms with E-state index in [2.05, 4.69) is 29.8 Å². The highest BCUT2D eigenvalue weighted by Crippen LogP contribution is 2.23. The van der Waals surface area contributed by atoms with Crippen LogP contribution in [0.25, 0.3) is 10.8 Å². The maximum absolute atomic E-state index is 13.2. The van der Waals surface area contributed by atoms with Crippen LogP contribution in [0.3, 0.4) is 0 Å². The normalized spacial score (nSPS) is 17.4. The molecule has 0 bridgehead atoms. The number of nitrogens with zero attached hydrogens (tertiary/aromatic N) is 1. The Bertz CT molecular complexity index is 1150. The summed E-state index contributed by atoms with van der Waals surface area (Å²) >= 11 is 0. The number of benzene rings is 2. The van der Waals surface area contributed by atoms with Gasteiger partial charge in [0.25, 0.3) is 0 Å². The van der Waals surface area contributed by atoms with Crippen LogP contribution >= 0.6 is 0 Å². The van der Waals surface area contributed by atoms with E-state index in [0.29, 0.717) is 25.8 Å². The minimum absolute atomic E-state index is 0.127. The Kier molecular flexibility index (Phi) is 11.2. The highest BCUT2D eigenvalue weighted by atomic mass is 16.5. The lowest BCUT2D eigenvalue weighted by molar-refractivity contribution is -0.142. The van der Waals surface area contributed by atoms with Gasteiger partial charge in [-0.1, -0.05) is 62.7 Å². The van der Waals surface area contributed by atoms with Crippen molar-refractivity contribution in [3.63, 3.8) is 0 Å². The summed E-state index contributed by atoms with van der Waals surface area (Å²) in [5.74, 6) is -1.81. The Morgan fingerprint density at radius 3 is 2.56 bits per heavy atom. The van der Waals surface area contributed by atoms with Crippen LogP contribution in [0.1, 0.15) is 51.5 Å². The van der Waals surface area contributed by atoms with Crippen molar-refractivity contribution in [2.24, 2.45) is 5.92 Å². The number of ether oxygens (including phenoxy) is 1. The van der Waals surface area contributed by atoms with Crippen molar-refractivity contribution in [2.45, 2.75) is 70.7 Å². The minimum Gasteiger partial charge on any atom is -0.480 e. The van der Waals surface area contributed by atoms with E-state index in [1.165, 1.54) is 7.11 Å². The summed E-state index contributed by atoms with van der Waals surface area (Å²) in [6.07, 6.45) is 1.79. The molecular formula is C29H40N4O6. The standard InChI is InChI=1S/C29H40N4O6/c1-4-19(2)16-25(32-28(36)23-12-13-26(34)30-23)33(18-27(35)31-24(29(37)38)14-15-39-3)17-21-10-7-9-20-8-5-6-11-22(20)21/h5-11,19,23-25H,4,12-18H2,1-3H3,(H,30,34)(H,31,35)(H,32,36)(H,37,38)/t19-,23-,24-,25?/m0/s1. The van der Waals surface area contributed by atoms with E-state index in [1.54, 1.807) is 0 Å². The molecule has 1 heterocycles. The van der Waals surface area contributed by atoms with Crippen LogP contribution in [0.15, 0.2) is 42.5 Å². The predicted molar refractivity (Wildman–Crippen MR) is 148 cm³/mol. The average molecular weight is 541 g/mol. The van der Waals surface area contributed by atoms with E-state index in [0.717, 1.165) is 22.8 Å². The fourth-order valence-electron chi connectivity index (χ4n) is 4.77. The van der Waals surface area contributed by atoms with Crippen LogP contribution in [0.2, 0.25) is 0 Å². The largest absolute Gasteiger partial charge is 0.480 e. The molecule has 0 radical (unpaired) electrons. The van der Waals surface area contributed by atoms with Gasteiger partial charge in [-0.2, -0.15) is 0 Å². The number of aliphatic carboxylic acids is 1. The Morgan fingerprint density at radius 1 is 1.15 bits per heavy atom. The molecule has 0 aromatic heterocycles. The summed E-state index contributed by atoms with van der Waals surface area (Å²) in [7, 11) is 1.47. The van der Waals surface area contributed by atoms with Gasteiger partial charge in [0.05, 0.1) is 12.7 Å². The molecule has 1 aliphatic rings. The second kappa shape index (κ2) is 14.6. The Morgan fingerprint density at radius 2 is 1.90 bits per heavy atom. The zero-order valence-electron chi connectivity index (χ0n) is 22.9. The molecule has 10 nitrogen and oxygen atoms in total. The lowest BCUT2D eigenvalue weighted by Gasteiger charge is -2.34. The number of methoxy groups -OCH3 is 1. The molecule has 1 aliphatic heterocycles. The molecule has 3 amide bonds. The van der Waals surface area contributed by atoms with Gasteiger partial charge in [-0.15, -0.1) is 0 Å². The Labute approximate surface area is 229 Å². The Balaban J connectivity index is 1.90. The summed E-state index contributed by atoms with van der Waals surface area (Å²) in [6.45, 7) is 4.56.